The number of hydrogen-bond donors (Lipinski definition) is 0. The van der Waals surface area contributed by atoms with Crippen molar-refractivity contribution < 1.29 is 4.42 Å². The molecule has 9 aromatic carbocycles. The largest absolute Gasteiger partial charge is 0.456 e. The molecule has 256 valence electrons. The number of furan rings is 1. The van der Waals surface area contributed by atoms with E-state index in [1.807, 2.05) is 42.5 Å². The summed E-state index contributed by atoms with van der Waals surface area (Å²) in [4.78, 5) is 15.8. The van der Waals surface area contributed by atoms with Gasteiger partial charge in [0, 0.05) is 27.5 Å². The molecule has 0 bridgehead atoms. The Morgan fingerprint density at radius 2 is 0.800 bits per heavy atom. The highest BCUT2D eigenvalue weighted by Gasteiger charge is 2.20. The van der Waals surface area contributed by atoms with Crippen LogP contribution in [0.15, 0.2) is 192 Å². The zero-order valence-electron chi connectivity index (χ0n) is 29.6. The zero-order chi connectivity index (χ0) is 36.3. The van der Waals surface area contributed by atoms with Gasteiger partial charge in [0.05, 0.1) is 0 Å². The second-order valence-electron chi connectivity index (χ2n) is 13.9. The molecule has 4 heteroatoms. The number of para-hydroxylation sites is 1. The second-order valence-corrected chi connectivity index (χ2v) is 13.9. The molecule has 2 heterocycles. The van der Waals surface area contributed by atoms with Gasteiger partial charge in [-0.2, -0.15) is 0 Å². The van der Waals surface area contributed by atoms with E-state index in [1.54, 1.807) is 0 Å². The van der Waals surface area contributed by atoms with Crippen molar-refractivity contribution in [3.05, 3.63) is 188 Å². The number of nitrogens with zero attached hydrogens (tertiary/aromatic N) is 3. The van der Waals surface area contributed by atoms with Crippen LogP contribution in [-0.4, -0.2) is 15.0 Å². The minimum atomic E-state index is 0.590. The van der Waals surface area contributed by atoms with E-state index in [2.05, 4.69) is 146 Å². The Hall–Kier alpha value is -7.43. The molecule has 0 aliphatic carbocycles. The molecule has 0 spiro atoms. The van der Waals surface area contributed by atoms with Crippen molar-refractivity contribution in [3.63, 3.8) is 0 Å². The number of fused-ring (bicyclic) bond motifs is 8. The van der Waals surface area contributed by atoms with Crippen molar-refractivity contribution in [2.45, 2.75) is 0 Å². The van der Waals surface area contributed by atoms with Gasteiger partial charge in [-0.1, -0.05) is 170 Å². The van der Waals surface area contributed by atoms with Gasteiger partial charge in [0.25, 0.3) is 0 Å². The first-order chi connectivity index (χ1) is 27.3. The molecule has 0 saturated carbocycles. The van der Waals surface area contributed by atoms with Crippen LogP contribution in [0, 0.1) is 0 Å². The SMILES string of the molecule is c1ccc(-c2ccccc2-c2nc(-c3ccccc3-c3ccc4c(ccc5c6ccccc6ccc45)c3)nc(-c3cccc4oc5ccccc5c34)n2)cc1. The molecule has 2 aromatic heterocycles. The van der Waals surface area contributed by atoms with Gasteiger partial charge in [-0.05, 0) is 72.8 Å². The summed E-state index contributed by atoms with van der Waals surface area (Å²) >= 11 is 0. The van der Waals surface area contributed by atoms with E-state index < -0.39 is 0 Å². The van der Waals surface area contributed by atoms with Gasteiger partial charge in [0.15, 0.2) is 17.5 Å². The van der Waals surface area contributed by atoms with Gasteiger partial charge in [-0.3, -0.25) is 0 Å². The molecule has 0 radical (unpaired) electrons. The molecule has 0 amide bonds. The average Bonchev–Trinajstić information content (AvgIpc) is 3.65. The van der Waals surface area contributed by atoms with E-state index in [0.717, 1.165) is 60.9 Å². The fourth-order valence-corrected chi connectivity index (χ4v) is 8.17. The van der Waals surface area contributed by atoms with Gasteiger partial charge in [-0.25, -0.2) is 15.0 Å². The van der Waals surface area contributed by atoms with Crippen molar-refractivity contribution in [1.82, 2.24) is 15.0 Å². The molecular weight excluding hydrogens is 671 g/mol. The van der Waals surface area contributed by atoms with Crippen LogP contribution in [0.25, 0.3) is 111 Å². The highest BCUT2D eigenvalue weighted by atomic mass is 16.3. The number of aromatic nitrogens is 3. The lowest BCUT2D eigenvalue weighted by Gasteiger charge is -2.15. The summed E-state index contributed by atoms with van der Waals surface area (Å²) in [6.07, 6.45) is 0. The Morgan fingerprint density at radius 1 is 0.291 bits per heavy atom. The van der Waals surface area contributed by atoms with Gasteiger partial charge in [0.1, 0.15) is 11.2 Å². The summed E-state index contributed by atoms with van der Waals surface area (Å²) in [5.74, 6) is 1.80. The quantitative estimate of drug-likeness (QED) is 0.168. The van der Waals surface area contributed by atoms with Crippen LogP contribution < -0.4 is 0 Å². The Labute approximate surface area is 317 Å². The Morgan fingerprint density at radius 3 is 1.55 bits per heavy atom. The lowest BCUT2D eigenvalue weighted by Crippen LogP contribution is -2.02. The Kier molecular flexibility index (Phi) is 7.14. The standard InChI is InChI=1S/C51H31N3O/c1-2-13-32(14-3-1)37-17-6-8-19-42(37)49-52-50(54-51(53-49)45-22-12-24-47-48(45)44-21-10-11-23-46(44)55-47)43-20-9-7-18-38(43)34-26-28-39-35(31-34)27-30-40-36-16-5-4-15-33(36)25-29-41(39)40/h1-31H. The molecule has 0 aliphatic heterocycles. The Bertz CT molecular complexity index is 3270. The third-order valence-corrected chi connectivity index (χ3v) is 10.8. The molecule has 0 N–H and O–H groups in total. The van der Waals surface area contributed by atoms with E-state index in [4.69, 9.17) is 19.4 Å². The van der Waals surface area contributed by atoms with Crippen LogP contribution in [0.3, 0.4) is 0 Å². The lowest BCUT2D eigenvalue weighted by molar-refractivity contribution is 0.669. The molecule has 0 unspecified atom stereocenters. The first-order valence-corrected chi connectivity index (χ1v) is 18.5. The third kappa shape index (κ3) is 5.19. The topological polar surface area (TPSA) is 51.8 Å². The van der Waals surface area contributed by atoms with E-state index in [9.17, 15) is 0 Å². The van der Waals surface area contributed by atoms with E-state index in [1.165, 1.54) is 32.3 Å². The molecule has 0 aliphatic rings. The molecule has 0 atom stereocenters. The minimum Gasteiger partial charge on any atom is -0.456 e. The molecule has 55 heavy (non-hydrogen) atoms. The van der Waals surface area contributed by atoms with Crippen LogP contribution >= 0.6 is 0 Å². The first-order valence-electron chi connectivity index (χ1n) is 18.5. The molecule has 11 aromatic rings. The summed E-state index contributed by atoms with van der Waals surface area (Å²) in [5, 5.41) is 9.46. The molecule has 11 rings (SSSR count). The van der Waals surface area contributed by atoms with Crippen LogP contribution in [0.2, 0.25) is 0 Å². The number of benzene rings is 9. The van der Waals surface area contributed by atoms with Crippen molar-refractivity contribution in [2.24, 2.45) is 0 Å². The predicted molar refractivity (Wildman–Crippen MR) is 227 cm³/mol. The molecule has 4 nitrogen and oxygen atoms in total. The maximum atomic E-state index is 6.31. The fraction of sp³-hybridized carbons (Fsp3) is 0. The third-order valence-electron chi connectivity index (χ3n) is 10.8. The maximum Gasteiger partial charge on any atom is 0.164 e. The van der Waals surface area contributed by atoms with Crippen molar-refractivity contribution in [1.29, 1.82) is 0 Å². The first kappa shape index (κ1) is 31.1. The smallest absolute Gasteiger partial charge is 0.164 e. The summed E-state index contributed by atoms with van der Waals surface area (Å²) in [6, 6.07) is 65.7. The highest BCUT2D eigenvalue weighted by Crippen LogP contribution is 2.40. The van der Waals surface area contributed by atoms with Crippen molar-refractivity contribution in [3.8, 4) is 56.4 Å². The maximum absolute atomic E-state index is 6.31. The van der Waals surface area contributed by atoms with Crippen LogP contribution in [-0.2, 0) is 0 Å². The van der Waals surface area contributed by atoms with Gasteiger partial charge in [0.2, 0.25) is 0 Å². The monoisotopic (exact) mass is 701 g/mol. The van der Waals surface area contributed by atoms with Gasteiger partial charge >= 0.3 is 0 Å². The van der Waals surface area contributed by atoms with E-state index in [0.29, 0.717) is 17.5 Å². The van der Waals surface area contributed by atoms with Crippen LogP contribution in [0.1, 0.15) is 0 Å². The number of rotatable bonds is 5. The van der Waals surface area contributed by atoms with E-state index >= 15 is 0 Å². The minimum absolute atomic E-state index is 0.590. The van der Waals surface area contributed by atoms with Crippen molar-refractivity contribution >= 4 is 54.3 Å². The highest BCUT2D eigenvalue weighted by molar-refractivity contribution is 6.17. The summed E-state index contributed by atoms with van der Waals surface area (Å²) < 4.78 is 6.31. The normalized spacial score (nSPS) is 11.6. The van der Waals surface area contributed by atoms with Gasteiger partial charge < -0.3 is 4.42 Å². The zero-order valence-corrected chi connectivity index (χ0v) is 29.6. The number of hydrogen-bond acceptors (Lipinski definition) is 4. The summed E-state index contributed by atoms with van der Waals surface area (Å²) in [5.41, 5.74) is 8.69. The summed E-state index contributed by atoms with van der Waals surface area (Å²) in [7, 11) is 0. The molecular formula is C51H31N3O. The van der Waals surface area contributed by atoms with Crippen LogP contribution in [0.4, 0.5) is 0 Å². The van der Waals surface area contributed by atoms with Crippen LogP contribution in [0.5, 0.6) is 0 Å². The predicted octanol–water partition coefficient (Wildman–Crippen LogP) is 13.6. The Balaban J connectivity index is 1.13. The van der Waals surface area contributed by atoms with E-state index in [-0.39, 0.29) is 0 Å². The summed E-state index contributed by atoms with van der Waals surface area (Å²) in [6.45, 7) is 0. The lowest BCUT2D eigenvalue weighted by atomic mass is 9.93. The van der Waals surface area contributed by atoms with Crippen molar-refractivity contribution in [2.75, 3.05) is 0 Å². The van der Waals surface area contributed by atoms with Gasteiger partial charge in [-0.15, -0.1) is 0 Å². The second kappa shape index (κ2) is 12.6. The molecule has 0 fully saturated rings. The average molecular weight is 702 g/mol. The fourth-order valence-electron chi connectivity index (χ4n) is 8.17. The molecule has 0 saturated heterocycles.